The highest BCUT2D eigenvalue weighted by molar-refractivity contribution is 7.10. The molecule has 0 bridgehead atoms. The number of hydrogen-bond acceptors (Lipinski definition) is 4. The monoisotopic (exact) mass is 399 g/mol. The Kier molecular flexibility index (Phi) is 6.86. The van der Waals surface area contributed by atoms with E-state index < -0.39 is 11.8 Å². The van der Waals surface area contributed by atoms with E-state index in [9.17, 15) is 9.59 Å². The summed E-state index contributed by atoms with van der Waals surface area (Å²) in [5, 5.41) is 7.64. The van der Waals surface area contributed by atoms with Crippen molar-refractivity contribution in [3.63, 3.8) is 0 Å². The molecule has 150 valence electrons. The van der Waals surface area contributed by atoms with Gasteiger partial charge in [-0.3, -0.25) is 9.59 Å². The van der Waals surface area contributed by atoms with Gasteiger partial charge >= 0.3 is 11.8 Å². The lowest BCUT2D eigenvalue weighted by molar-refractivity contribution is -0.136. The van der Waals surface area contributed by atoms with E-state index in [-0.39, 0.29) is 0 Å². The van der Waals surface area contributed by atoms with E-state index >= 15 is 0 Å². The third kappa shape index (κ3) is 5.20. The zero-order chi connectivity index (χ0) is 20.1. The van der Waals surface area contributed by atoms with Crippen LogP contribution in [0, 0.1) is 20.8 Å². The van der Waals surface area contributed by atoms with E-state index in [4.69, 9.17) is 0 Å². The van der Waals surface area contributed by atoms with Gasteiger partial charge in [-0.05, 0) is 75.2 Å². The minimum absolute atomic E-state index is 0.488. The number of carbonyl (C=O) groups excluding carboxylic acids is 2. The van der Waals surface area contributed by atoms with Crippen molar-refractivity contribution in [3.8, 4) is 0 Å². The standard InChI is InChI=1S/C22H29N3O2S/c1-15-13-16(2)20(17(3)14-15)24-22(27)21(26)23-8-11-25-9-6-18(7-10-25)19-5-4-12-28-19/h4-5,12-14,18H,6-11H2,1-3H3,(H,23,26)(H,24,27). The van der Waals surface area contributed by atoms with Gasteiger partial charge < -0.3 is 15.5 Å². The molecule has 0 unspecified atom stereocenters. The maximum atomic E-state index is 12.2. The SMILES string of the molecule is Cc1cc(C)c(NC(=O)C(=O)NCCN2CCC(c3cccs3)CC2)c(C)c1. The Morgan fingerprint density at radius 1 is 1.11 bits per heavy atom. The molecule has 1 aliphatic heterocycles. The third-order valence-corrected chi connectivity index (χ3v) is 6.40. The number of anilines is 1. The number of hydrogen-bond donors (Lipinski definition) is 2. The first-order valence-corrected chi connectivity index (χ1v) is 10.7. The zero-order valence-electron chi connectivity index (χ0n) is 16.9. The molecule has 1 aromatic carbocycles. The van der Waals surface area contributed by atoms with Crippen molar-refractivity contribution >= 4 is 28.8 Å². The van der Waals surface area contributed by atoms with Gasteiger partial charge in [-0.1, -0.05) is 23.8 Å². The zero-order valence-corrected chi connectivity index (χ0v) is 17.7. The van der Waals surface area contributed by atoms with Crippen LogP contribution in [0.5, 0.6) is 0 Å². The fraction of sp³-hybridized carbons (Fsp3) is 0.455. The first kappa shape index (κ1) is 20.6. The summed E-state index contributed by atoms with van der Waals surface area (Å²) in [6.07, 6.45) is 2.31. The number of likely N-dealkylation sites (tertiary alicyclic amines) is 1. The van der Waals surface area contributed by atoms with Crippen molar-refractivity contribution < 1.29 is 9.59 Å². The number of rotatable bonds is 5. The molecule has 2 amide bonds. The minimum atomic E-state index is -0.605. The van der Waals surface area contributed by atoms with Gasteiger partial charge in [0.1, 0.15) is 0 Å². The Balaban J connectivity index is 1.40. The first-order chi connectivity index (χ1) is 13.4. The maximum Gasteiger partial charge on any atom is 0.313 e. The Morgan fingerprint density at radius 3 is 2.39 bits per heavy atom. The highest BCUT2D eigenvalue weighted by Crippen LogP contribution is 2.30. The lowest BCUT2D eigenvalue weighted by Gasteiger charge is -2.31. The summed E-state index contributed by atoms with van der Waals surface area (Å²) >= 11 is 1.84. The van der Waals surface area contributed by atoms with Gasteiger partial charge in [0.15, 0.2) is 0 Å². The second-order valence-electron chi connectivity index (χ2n) is 7.62. The summed E-state index contributed by atoms with van der Waals surface area (Å²) in [7, 11) is 0. The van der Waals surface area contributed by atoms with Crippen LogP contribution in [-0.2, 0) is 9.59 Å². The van der Waals surface area contributed by atoms with Gasteiger partial charge in [-0.2, -0.15) is 0 Å². The van der Waals surface area contributed by atoms with Crippen molar-refractivity contribution in [2.75, 3.05) is 31.5 Å². The lowest BCUT2D eigenvalue weighted by Crippen LogP contribution is -2.42. The maximum absolute atomic E-state index is 12.2. The van der Waals surface area contributed by atoms with Gasteiger partial charge in [0.05, 0.1) is 0 Å². The summed E-state index contributed by atoms with van der Waals surface area (Å²) < 4.78 is 0. The molecule has 2 heterocycles. The van der Waals surface area contributed by atoms with E-state index in [0.29, 0.717) is 12.5 Å². The molecular formula is C22H29N3O2S. The van der Waals surface area contributed by atoms with Crippen molar-refractivity contribution in [1.82, 2.24) is 10.2 Å². The Labute approximate surface area is 171 Å². The summed E-state index contributed by atoms with van der Waals surface area (Å²) in [5.74, 6) is -0.517. The fourth-order valence-electron chi connectivity index (χ4n) is 3.92. The molecule has 1 saturated heterocycles. The molecule has 1 aromatic heterocycles. The Morgan fingerprint density at radius 2 is 1.79 bits per heavy atom. The van der Waals surface area contributed by atoms with E-state index in [1.54, 1.807) is 0 Å². The molecule has 0 atom stereocenters. The number of amides is 2. The van der Waals surface area contributed by atoms with Gasteiger partial charge in [-0.25, -0.2) is 0 Å². The molecule has 0 saturated carbocycles. The van der Waals surface area contributed by atoms with Crippen LogP contribution >= 0.6 is 11.3 Å². The van der Waals surface area contributed by atoms with Gasteiger partial charge in [-0.15, -0.1) is 11.3 Å². The van der Waals surface area contributed by atoms with Crippen LogP contribution in [0.2, 0.25) is 0 Å². The largest absolute Gasteiger partial charge is 0.347 e. The van der Waals surface area contributed by atoms with Crippen LogP contribution in [0.3, 0.4) is 0 Å². The molecule has 28 heavy (non-hydrogen) atoms. The second kappa shape index (κ2) is 9.34. The Hall–Kier alpha value is -2.18. The molecule has 2 aromatic rings. The molecule has 0 aliphatic carbocycles. The molecule has 6 heteroatoms. The summed E-state index contributed by atoms with van der Waals surface area (Å²) in [6, 6.07) is 8.34. The smallest absolute Gasteiger partial charge is 0.313 e. The lowest BCUT2D eigenvalue weighted by atomic mass is 9.95. The number of piperidine rings is 1. The number of benzene rings is 1. The summed E-state index contributed by atoms with van der Waals surface area (Å²) in [5.41, 5.74) is 3.79. The first-order valence-electron chi connectivity index (χ1n) is 9.87. The molecule has 1 aliphatic rings. The molecule has 0 radical (unpaired) electrons. The van der Waals surface area contributed by atoms with E-state index in [1.165, 1.54) is 4.88 Å². The van der Waals surface area contributed by atoms with Gasteiger partial charge in [0.2, 0.25) is 0 Å². The number of carbonyl (C=O) groups is 2. The van der Waals surface area contributed by atoms with Crippen molar-refractivity contribution in [1.29, 1.82) is 0 Å². The van der Waals surface area contributed by atoms with Crippen molar-refractivity contribution in [3.05, 3.63) is 51.2 Å². The van der Waals surface area contributed by atoms with Crippen LogP contribution in [0.25, 0.3) is 0 Å². The molecule has 1 fully saturated rings. The fourth-order valence-corrected chi connectivity index (χ4v) is 4.82. The average molecular weight is 400 g/mol. The predicted octanol–water partition coefficient (Wildman–Crippen LogP) is 3.61. The van der Waals surface area contributed by atoms with Crippen LogP contribution in [0.15, 0.2) is 29.6 Å². The summed E-state index contributed by atoms with van der Waals surface area (Å²) in [4.78, 5) is 28.2. The predicted molar refractivity (Wildman–Crippen MR) is 115 cm³/mol. The third-order valence-electron chi connectivity index (χ3n) is 5.37. The minimum Gasteiger partial charge on any atom is -0.347 e. The number of aryl methyl sites for hydroxylation is 3. The van der Waals surface area contributed by atoms with Crippen LogP contribution in [0.4, 0.5) is 5.69 Å². The van der Waals surface area contributed by atoms with Crippen LogP contribution < -0.4 is 10.6 Å². The van der Waals surface area contributed by atoms with Crippen LogP contribution in [0.1, 0.15) is 40.3 Å². The Bertz CT molecular complexity index is 801. The number of nitrogens with one attached hydrogen (secondary N) is 2. The normalized spacial score (nSPS) is 15.4. The molecular weight excluding hydrogens is 370 g/mol. The average Bonchev–Trinajstić information content (AvgIpc) is 3.19. The number of thiophene rings is 1. The topological polar surface area (TPSA) is 61.4 Å². The number of nitrogens with zero attached hydrogens (tertiary/aromatic N) is 1. The van der Waals surface area contributed by atoms with Crippen molar-refractivity contribution in [2.24, 2.45) is 0 Å². The van der Waals surface area contributed by atoms with Crippen LogP contribution in [-0.4, -0.2) is 42.9 Å². The molecule has 5 nitrogen and oxygen atoms in total. The highest BCUT2D eigenvalue weighted by Gasteiger charge is 2.21. The van der Waals surface area contributed by atoms with Gasteiger partial charge in [0, 0.05) is 23.7 Å². The van der Waals surface area contributed by atoms with E-state index in [2.05, 4.69) is 33.0 Å². The molecule has 2 N–H and O–H groups in total. The highest BCUT2D eigenvalue weighted by atomic mass is 32.1. The molecule has 0 spiro atoms. The van der Waals surface area contributed by atoms with Gasteiger partial charge in [0.25, 0.3) is 0 Å². The van der Waals surface area contributed by atoms with E-state index in [1.807, 2.05) is 44.2 Å². The summed E-state index contributed by atoms with van der Waals surface area (Å²) in [6.45, 7) is 9.22. The molecule has 3 rings (SSSR count). The quantitative estimate of drug-likeness (QED) is 0.755. The van der Waals surface area contributed by atoms with E-state index in [0.717, 1.165) is 54.9 Å². The second-order valence-corrected chi connectivity index (χ2v) is 8.59. The van der Waals surface area contributed by atoms with Crippen molar-refractivity contribution in [2.45, 2.75) is 39.5 Å².